The second-order valence-electron chi connectivity index (χ2n) is 12.6. The number of amides is 1. The number of carbonyl (C=O) groups excluding carboxylic acids is 1. The van der Waals surface area contributed by atoms with E-state index in [1.54, 1.807) is 27.7 Å². The van der Waals surface area contributed by atoms with Crippen molar-refractivity contribution in [3.05, 3.63) is 74.6 Å². The number of carbonyl (C=O) groups is 2. The van der Waals surface area contributed by atoms with Crippen LogP contribution in [0.1, 0.15) is 76.5 Å². The third kappa shape index (κ3) is 6.31. The van der Waals surface area contributed by atoms with Crippen LogP contribution in [0.25, 0.3) is 11.1 Å². The number of ether oxygens (including phenoxy) is 3. The maximum Gasteiger partial charge on any atom is 0.586 e. The van der Waals surface area contributed by atoms with Gasteiger partial charge in [0.1, 0.15) is 0 Å². The second-order valence-corrected chi connectivity index (χ2v) is 12.6. The minimum absolute atomic E-state index is 0.0589. The van der Waals surface area contributed by atoms with E-state index >= 15 is 4.39 Å². The minimum Gasteiger partial charge on any atom is -0.490 e. The number of carboxylic acid groups (broad SMARTS) is 1. The molecule has 0 atom stereocenters. The lowest BCUT2D eigenvalue weighted by atomic mass is 9.81. The highest BCUT2D eigenvalue weighted by atomic mass is 19.3. The Bertz CT molecular complexity index is 1710. The van der Waals surface area contributed by atoms with Gasteiger partial charge in [-0.2, -0.15) is 0 Å². The Morgan fingerprint density at radius 3 is 2.27 bits per heavy atom. The van der Waals surface area contributed by atoms with Crippen LogP contribution in [0.5, 0.6) is 17.2 Å². The molecule has 0 saturated carbocycles. The number of aliphatic carboxylic acids is 1. The fourth-order valence-electron chi connectivity index (χ4n) is 6.17. The lowest BCUT2D eigenvalue weighted by Crippen LogP contribution is -2.28. The number of rotatable bonds is 4. The number of hydrogen-bond acceptors (Lipinski definition) is 6. The van der Waals surface area contributed by atoms with E-state index in [2.05, 4.69) is 9.47 Å². The Morgan fingerprint density at radius 1 is 0.978 bits per heavy atom. The Labute approximate surface area is 259 Å². The van der Waals surface area contributed by atoms with Gasteiger partial charge in [0.2, 0.25) is 0 Å². The van der Waals surface area contributed by atoms with Crippen molar-refractivity contribution >= 4 is 11.9 Å². The number of nitrogens with zero attached hydrogens (tertiary/aromatic N) is 1. The van der Waals surface area contributed by atoms with E-state index in [1.165, 1.54) is 29.2 Å². The first kappa shape index (κ1) is 32.2. The predicted molar refractivity (Wildman–Crippen MR) is 159 cm³/mol. The first-order valence-corrected chi connectivity index (χ1v) is 14.7. The Morgan fingerprint density at radius 2 is 1.62 bits per heavy atom. The van der Waals surface area contributed by atoms with Crippen molar-refractivity contribution in [1.82, 2.24) is 4.90 Å². The molecule has 2 N–H and O–H groups in total. The molecule has 0 radical (unpaired) electrons. The number of aliphatic hydroxyl groups is 1. The van der Waals surface area contributed by atoms with Crippen molar-refractivity contribution in [2.24, 2.45) is 0 Å². The molecule has 3 aliphatic rings. The third-order valence-corrected chi connectivity index (χ3v) is 8.08. The zero-order valence-electron chi connectivity index (χ0n) is 26.1. The Hall–Kier alpha value is -4.25. The highest BCUT2D eigenvalue weighted by Gasteiger charge is 2.46. The molecule has 240 valence electrons. The lowest BCUT2D eigenvalue weighted by Gasteiger charge is -2.25. The van der Waals surface area contributed by atoms with Gasteiger partial charge in [-0.3, -0.25) is 9.59 Å². The summed E-state index contributed by atoms with van der Waals surface area (Å²) in [4.78, 5) is 27.0. The fourth-order valence-corrected chi connectivity index (χ4v) is 6.17. The maximum absolute atomic E-state index is 15.2. The van der Waals surface area contributed by atoms with Crippen molar-refractivity contribution in [2.75, 3.05) is 6.61 Å². The van der Waals surface area contributed by atoms with Gasteiger partial charge in [-0.1, -0.05) is 6.07 Å². The number of hydrogen-bond donors (Lipinski definition) is 2. The topological polar surface area (TPSA) is 106 Å². The van der Waals surface area contributed by atoms with Crippen LogP contribution in [-0.4, -0.2) is 45.5 Å². The molecule has 3 aromatic rings. The smallest absolute Gasteiger partial charge is 0.490 e. The highest BCUT2D eigenvalue weighted by molar-refractivity contribution is 5.98. The van der Waals surface area contributed by atoms with E-state index < -0.39 is 29.6 Å². The molecule has 3 aliphatic heterocycles. The average Bonchev–Trinajstić information content (AvgIpc) is 3.53. The average molecular weight is 628 g/mol. The molecule has 8 nitrogen and oxygen atoms in total. The van der Waals surface area contributed by atoms with Gasteiger partial charge in [0.05, 0.1) is 24.2 Å². The molecule has 0 aromatic heterocycles. The van der Waals surface area contributed by atoms with Crippen LogP contribution in [0.3, 0.4) is 0 Å². The molecule has 1 amide bonds. The molecule has 0 aliphatic carbocycles. The van der Waals surface area contributed by atoms with Crippen molar-refractivity contribution in [3.8, 4) is 28.4 Å². The van der Waals surface area contributed by atoms with Gasteiger partial charge in [-0.05, 0) is 117 Å². The van der Waals surface area contributed by atoms with E-state index in [0.29, 0.717) is 35.3 Å². The van der Waals surface area contributed by atoms with E-state index in [0.717, 1.165) is 34.2 Å². The largest absolute Gasteiger partial charge is 0.586 e. The number of para-hydroxylation sites is 1. The van der Waals surface area contributed by atoms with Gasteiger partial charge in [0.25, 0.3) is 5.91 Å². The Balaban J connectivity index is 0.000000743. The van der Waals surface area contributed by atoms with Crippen molar-refractivity contribution < 1.29 is 47.2 Å². The molecule has 11 heteroatoms. The molecule has 3 aromatic carbocycles. The molecule has 0 fully saturated rings. The van der Waals surface area contributed by atoms with Crippen molar-refractivity contribution in [3.63, 3.8) is 0 Å². The van der Waals surface area contributed by atoms with Crippen LogP contribution in [0.15, 0.2) is 24.3 Å². The molecule has 0 unspecified atom stereocenters. The molecular weight excluding hydrogens is 591 g/mol. The van der Waals surface area contributed by atoms with Crippen LogP contribution >= 0.6 is 0 Å². The number of carboxylic acids is 1. The first-order valence-electron chi connectivity index (χ1n) is 14.7. The molecule has 45 heavy (non-hydrogen) atoms. The molecule has 6 rings (SSSR count). The summed E-state index contributed by atoms with van der Waals surface area (Å²) in [5.74, 6) is -2.36. The normalized spacial score (nSPS) is 15.9. The van der Waals surface area contributed by atoms with Crippen molar-refractivity contribution in [1.29, 1.82) is 0 Å². The minimum atomic E-state index is -3.87. The van der Waals surface area contributed by atoms with Gasteiger partial charge in [0, 0.05) is 18.7 Å². The zero-order valence-corrected chi connectivity index (χ0v) is 26.1. The molecular formula is C34H36F3NO7. The molecule has 0 spiro atoms. The van der Waals surface area contributed by atoms with Crippen LogP contribution < -0.4 is 14.2 Å². The van der Waals surface area contributed by atoms with Gasteiger partial charge in [-0.15, -0.1) is 8.78 Å². The Kier molecular flexibility index (Phi) is 8.28. The van der Waals surface area contributed by atoms with E-state index in [4.69, 9.17) is 9.84 Å². The van der Waals surface area contributed by atoms with E-state index in [9.17, 15) is 23.5 Å². The zero-order chi connectivity index (χ0) is 33.0. The summed E-state index contributed by atoms with van der Waals surface area (Å²) >= 11 is 0. The summed E-state index contributed by atoms with van der Waals surface area (Å²) in [5.41, 5.74) is 5.88. The third-order valence-electron chi connectivity index (χ3n) is 8.08. The van der Waals surface area contributed by atoms with Gasteiger partial charge in [0.15, 0.2) is 23.1 Å². The van der Waals surface area contributed by atoms with Crippen LogP contribution in [0, 0.1) is 26.6 Å². The lowest BCUT2D eigenvalue weighted by molar-refractivity contribution is -0.286. The quantitative estimate of drug-likeness (QED) is 0.335. The summed E-state index contributed by atoms with van der Waals surface area (Å²) in [6.07, 6.45) is -2.75. The number of alkyl halides is 2. The standard InChI is InChI=1S/C30H26F3NO6.C4H10O/c1-14-17-7-5-9-38-27(17)23(31)10-19(14)26-16(3)22-13-34(12-21(22)15(2)20(26)11-25(35)36)29(37)18-6-4-8-24-28(18)40-30(32,33)39-24;1-4(2,3)5/h4,6,8,10H,5,7,9,11-13H2,1-3H3,(H,35,36);5H,1-3H3. The summed E-state index contributed by atoms with van der Waals surface area (Å²) < 4.78 is 57.5. The van der Waals surface area contributed by atoms with Gasteiger partial charge < -0.3 is 29.3 Å². The molecule has 0 saturated heterocycles. The van der Waals surface area contributed by atoms with Crippen LogP contribution in [0.4, 0.5) is 13.2 Å². The summed E-state index contributed by atoms with van der Waals surface area (Å²) in [7, 11) is 0. The first-order chi connectivity index (χ1) is 21.0. The molecule has 3 heterocycles. The predicted octanol–water partition coefficient (Wildman–Crippen LogP) is 6.62. The number of fused-ring (bicyclic) bond motifs is 3. The van der Waals surface area contributed by atoms with Gasteiger partial charge >= 0.3 is 12.3 Å². The van der Waals surface area contributed by atoms with Gasteiger partial charge in [-0.25, -0.2) is 4.39 Å². The monoisotopic (exact) mass is 627 g/mol. The SMILES string of the molecule is CC(C)(C)O.Cc1c(-c2c(C)c3c(c(C)c2CC(=O)O)CN(C(=O)c2cccc4c2OC(F)(F)O4)C3)cc(F)c2c1CCCO2. The number of halogens is 3. The van der Waals surface area contributed by atoms with Crippen LogP contribution in [-0.2, 0) is 30.7 Å². The van der Waals surface area contributed by atoms with E-state index in [-0.39, 0.29) is 42.3 Å². The summed E-state index contributed by atoms with van der Waals surface area (Å²) in [6, 6.07) is 5.55. The maximum atomic E-state index is 15.2. The molecule has 0 bridgehead atoms. The van der Waals surface area contributed by atoms with Crippen molar-refractivity contribution in [2.45, 2.75) is 85.8 Å². The van der Waals surface area contributed by atoms with Crippen LogP contribution in [0.2, 0.25) is 0 Å². The second kappa shape index (κ2) is 11.6. The highest BCUT2D eigenvalue weighted by Crippen LogP contribution is 2.46. The fraction of sp³-hybridized carbons (Fsp3) is 0.412. The summed E-state index contributed by atoms with van der Waals surface area (Å²) in [6.45, 7) is 11.5. The van der Waals surface area contributed by atoms with E-state index in [1.807, 2.05) is 13.8 Å². The number of benzene rings is 3. The summed E-state index contributed by atoms with van der Waals surface area (Å²) in [5, 5.41) is 18.3.